The number of nitrogens with zero attached hydrogens (tertiary/aromatic N) is 1. The van der Waals surface area contributed by atoms with Gasteiger partial charge in [-0.3, -0.25) is 9.59 Å². The Hall–Kier alpha value is -1.92. The van der Waals surface area contributed by atoms with Crippen LogP contribution in [0.4, 0.5) is 5.69 Å². The number of carbonyl (C=O) groups excluding carboxylic acids is 2. The van der Waals surface area contributed by atoms with E-state index in [1.807, 2.05) is 17.9 Å². The van der Waals surface area contributed by atoms with Crippen molar-refractivity contribution in [2.24, 2.45) is 0 Å². The first-order valence-corrected chi connectivity index (χ1v) is 7.95. The van der Waals surface area contributed by atoms with Crippen LogP contribution < -0.4 is 5.32 Å². The van der Waals surface area contributed by atoms with Gasteiger partial charge in [-0.15, -0.1) is 0 Å². The number of anilines is 1. The summed E-state index contributed by atoms with van der Waals surface area (Å²) in [6.45, 7) is 5.85. The molecule has 124 valence electrons. The molecule has 0 aliphatic carbocycles. The highest BCUT2D eigenvalue weighted by Gasteiger charge is 2.40. The van der Waals surface area contributed by atoms with Crippen LogP contribution in [0.15, 0.2) is 18.2 Å². The second kappa shape index (κ2) is 6.29. The van der Waals surface area contributed by atoms with Crippen LogP contribution in [-0.2, 0) is 14.3 Å². The maximum atomic E-state index is 12.7. The van der Waals surface area contributed by atoms with Gasteiger partial charge in [-0.25, -0.2) is 0 Å². The minimum atomic E-state index is -0.481. The molecule has 2 aliphatic rings. The number of hydrogen-bond donors (Lipinski definition) is 1. The second-order valence-corrected chi connectivity index (χ2v) is 6.11. The molecule has 3 rings (SSSR count). The number of hydrogen-bond acceptors (Lipinski definition) is 4. The highest BCUT2D eigenvalue weighted by atomic mass is 16.7. The van der Waals surface area contributed by atoms with Crippen LogP contribution in [0.1, 0.15) is 35.7 Å². The maximum Gasteiger partial charge on any atom is 0.253 e. The van der Waals surface area contributed by atoms with Gasteiger partial charge in [0.15, 0.2) is 5.79 Å². The molecule has 0 saturated carbocycles. The van der Waals surface area contributed by atoms with E-state index in [0.717, 1.165) is 5.56 Å². The molecule has 2 aliphatic heterocycles. The van der Waals surface area contributed by atoms with Gasteiger partial charge in [-0.05, 0) is 24.6 Å². The molecule has 0 aromatic heterocycles. The fourth-order valence-corrected chi connectivity index (χ4v) is 3.10. The molecule has 6 nitrogen and oxygen atoms in total. The van der Waals surface area contributed by atoms with Crippen LogP contribution in [0.3, 0.4) is 0 Å². The first-order valence-electron chi connectivity index (χ1n) is 7.95. The summed E-state index contributed by atoms with van der Waals surface area (Å²) in [7, 11) is 0. The molecule has 1 spiro atoms. The van der Waals surface area contributed by atoms with Crippen molar-refractivity contribution in [3.63, 3.8) is 0 Å². The van der Waals surface area contributed by atoms with E-state index in [2.05, 4.69) is 5.32 Å². The second-order valence-electron chi connectivity index (χ2n) is 6.11. The minimum Gasteiger partial charge on any atom is -0.347 e. The van der Waals surface area contributed by atoms with Crippen molar-refractivity contribution >= 4 is 17.5 Å². The summed E-state index contributed by atoms with van der Waals surface area (Å²) >= 11 is 0. The van der Waals surface area contributed by atoms with E-state index < -0.39 is 5.79 Å². The summed E-state index contributed by atoms with van der Waals surface area (Å²) < 4.78 is 11.4. The van der Waals surface area contributed by atoms with E-state index in [9.17, 15) is 9.59 Å². The molecule has 2 saturated heterocycles. The number of nitrogens with one attached hydrogen (secondary N) is 1. The van der Waals surface area contributed by atoms with Crippen molar-refractivity contribution in [3.8, 4) is 0 Å². The van der Waals surface area contributed by atoms with Gasteiger partial charge in [0.2, 0.25) is 5.91 Å². The molecule has 0 unspecified atom stereocenters. The molecular formula is C17H22N2O4. The zero-order chi connectivity index (χ0) is 16.4. The zero-order valence-corrected chi connectivity index (χ0v) is 13.6. The number of benzene rings is 1. The SMILES string of the molecule is CC(=O)Nc1cc(C(=O)N2CCC3(CC2)OCCO3)ccc1C. The number of rotatable bonds is 2. The average Bonchev–Trinajstić information content (AvgIpc) is 2.97. The largest absolute Gasteiger partial charge is 0.347 e. The van der Waals surface area contributed by atoms with Crippen LogP contribution in [0.5, 0.6) is 0 Å². The van der Waals surface area contributed by atoms with Crippen molar-refractivity contribution in [1.29, 1.82) is 0 Å². The predicted octanol–water partition coefficient (Wildman–Crippen LogP) is 1.93. The van der Waals surface area contributed by atoms with Gasteiger partial charge < -0.3 is 19.7 Å². The molecule has 1 aromatic carbocycles. The number of carbonyl (C=O) groups is 2. The quantitative estimate of drug-likeness (QED) is 0.905. The Bertz CT molecular complexity index is 613. The third-order valence-electron chi connectivity index (χ3n) is 4.42. The van der Waals surface area contributed by atoms with E-state index in [-0.39, 0.29) is 11.8 Å². The van der Waals surface area contributed by atoms with Gasteiger partial charge >= 0.3 is 0 Å². The van der Waals surface area contributed by atoms with E-state index in [4.69, 9.17) is 9.47 Å². The Morgan fingerprint density at radius 3 is 2.43 bits per heavy atom. The van der Waals surface area contributed by atoms with Gasteiger partial charge in [0.1, 0.15) is 0 Å². The fraction of sp³-hybridized carbons (Fsp3) is 0.529. The average molecular weight is 318 g/mol. The number of likely N-dealkylation sites (tertiary alicyclic amines) is 1. The molecular weight excluding hydrogens is 296 g/mol. The van der Waals surface area contributed by atoms with Crippen molar-refractivity contribution in [1.82, 2.24) is 4.90 Å². The Labute approximate surface area is 135 Å². The summed E-state index contributed by atoms with van der Waals surface area (Å²) in [4.78, 5) is 25.8. The monoisotopic (exact) mass is 318 g/mol. The van der Waals surface area contributed by atoms with Gasteiger partial charge in [-0.2, -0.15) is 0 Å². The summed E-state index contributed by atoms with van der Waals surface area (Å²) in [5.41, 5.74) is 2.20. The lowest BCUT2D eigenvalue weighted by Gasteiger charge is -2.37. The Kier molecular flexibility index (Phi) is 4.37. The molecule has 2 amide bonds. The third-order valence-corrected chi connectivity index (χ3v) is 4.42. The predicted molar refractivity (Wildman–Crippen MR) is 85.3 cm³/mol. The summed E-state index contributed by atoms with van der Waals surface area (Å²) in [5.74, 6) is -0.650. The van der Waals surface area contributed by atoms with Gasteiger partial charge in [0.05, 0.1) is 13.2 Å². The van der Waals surface area contributed by atoms with Crippen LogP contribution in [-0.4, -0.2) is 48.8 Å². The standard InChI is InChI=1S/C17H22N2O4/c1-12-3-4-14(11-15(12)18-13(2)20)16(21)19-7-5-17(6-8-19)22-9-10-23-17/h3-4,11H,5-10H2,1-2H3,(H,18,20). The van der Waals surface area contributed by atoms with Gasteiger partial charge in [-0.1, -0.05) is 6.07 Å². The summed E-state index contributed by atoms with van der Waals surface area (Å²) in [6, 6.07) is 5.40. The highest BCUT2D eigenvalue weighted by Crippen LogP contribution is 2.32. The van der Waals surface area contributed by atoms with Crippen LogP contribution in [0, 0.1) is 6.92 Å². The lowest BCUT2D eigenvalue weighted by molar-refractivity contribution is -0.181. The van der Waals surface area contributed by atoms with E-state index in [1.165, 1.54) is 6.92 Å². The minimum absolute atomic E-state index is 0.0237. The Morgan fingerprint density at radius 2 is 1.83 bits per heavy atom. The normalized spacial score (nSPS) is 19.8. The highest BCUT2D eigenvalue weighted by molar-refractivity contribution is 5.97. The van der Waals surface area contributed by atoms with Gasteiger partial charge in [0, 0.05) is 44.1 Å². The molecule has 0 radical (unpaired) electrons. The smallest absolute Gasteiger partial charge is 0.253 e. The number of aryl methyl sites for hydroxylation is 1. The molecule has 23 heavy (non-hydrogen) atoms. The van der Waals surface area contributed by atoms with Crippen molar-refractivity contribution < 1.29 is 19.1 Å². The maximum absolute atomic E-state index is 12.7. The molecule has 0 atom stereocenters. The van der Waals surface area contributed by atoms with Crippen molar-refractivity contribution in [2.75, 3.05) is 31.6 Å². The molecule has 6 heteroatoms. The summed E-state index contributed by atoms with van der Waals surface area (Å²) in [5, 5.41) is 2.76. The van der Waals surface area contributed by atoms with Gasteiger partial charge in [0.25, 0.3) is 5.91 Å². The Morgan fingerprint density at radius 1 is 1.17 bits per heavy atom. The van der Waals surface area contributed by atoms with Crippen molar-refractivity contribution in [2.45, 2.75) is 32.5 Å². The molecule has 2 heterocycles. The van der Waals surface area contributed by atoms with Crippen LogP contribution in [0.2, 0.25) is 0 Å². The fourth-order valence-electron chi connectivity index (χ4n) is 3.10. The van der Waals surface area contributed by atoms with E-state index >= 15 is 0 Å². The summed E-state index contributed by atoms with van der Waals surface area (Å²) in [6.07, 6.45) is 1.40. The third kappa shape index (κ3) is 3.38. The van der Waals surface area contributed by atoms with E-state index in [1.54, 1.807) is 12.1 Å². The molecule has 0 bridgehead atoms. The van der Waals surface area contributed by atoms with Crippen LogP contribution >= 0.6 is 0 Å². The zero-order valence-electron chi connectivity index (χ0n) is 13.6. The van der Waals surface area contributed by atoms with Crippen LogP contribution in [0.25, 0.3) is 0 Å². The molecule has 2 fully saturated rings. The molecule has 1 aromatic rings. The first kappa shape index (κ1) is 16.0. The molecule has 1 N–H and O–H groups in total. The van der Waals surface area contributed by atoms with Crippen molar-refractivity contribution in [3.05, 3.63) is 29.3 Å². The lowest BCUT2D eigenvalue weighted by Crippen LogP contribution is -2.47. The topological polar surface area (TPSA) is 67.9 Å². The van der Waals surface area contributed by atoms with E-state index in [0.29, 0.717) is 50.4 Å². The number of piperidine rings is 1. The lowest BCUT2D eigenvalue weighted by atomic mass is 10.0. The first-order chi connectivity index (χ1) is 11.0. The number of ether oxygens (including phenoxy) is 2. The Balaban J connectivity index is 1.70. The number of amides is 2.